The number of hydrogen-bond donors (Lipinski definition) is 1. The monoisotopic (exact) mass is 411 g/mol. The van der Waals surface area contributed by atoms with Crippen molar-refractivity contribution < 1.29 is 9.59 Å². The lowest BCUT2D eigenvalue weighted by atomic mass is 10.1. The first-order chi connectivity index (χ1) is 12.0. The number of nitrogens with zero attached hydrogens (tertiary/aromatic N) is 4. The molecule has 1 N–H and O–H groups in total. The highest BCUT2D eigenvalue weighted by Gasteiger charge is 2.28. The number of likely N-dealkylation sites (tertiary alicyclic amines) is 1. The summed E-state index contributed by atoms with van der Waals surface area (Å²) in [4.78, 5) is 30.9. The molecule has 2 saturated heterocycles. The zero-order valence-corrected chi connectivity index (χ0v) is 16.5. The van der Waals surface area contributed by atoms with E-state index >= 15 is 0 Å². The number of H-pyrrole nitrogens is 1. The third-order valence-electron chi connectivity index (χ3n) is 4.99. The molecule has 0 saturated carbocycles. The topological polar surface area (TPSA) is 72.5 Å². The summed E-state index contributed by atoms with van der Waals surface area (Å²) in [5, 5.41) is 7.15. The minimum Gasteiger partial charge on any atom is -0.342 e. The maximum Gasteiger partial charge on any atom is 0.275 e. The summed E-state index contributed by atoms with van der Waals surface area (Å²) < 4.78 is 0.763. The molecule has 1 aromatic rings. The Morgan fingerprint density at radius 3 is 2.28 bits per heavy atom. The summed E-state index contributed by atoms with van der Waals surface area (Å²) in [5.41, 5.74) is 1.39. The van der Waals surface area contributed by atoms with Gasteiger partial charge in [-0.25, -0.2) is 0 Å². The Kier molecular flexibility index (Phi) is 5.78. The molecule has 25 heavy (non-hydrogen) atoms. The SMILES string of the molecule is CC(C)c1[nH]nc(C(=O)N2CCN(CC(=O)N3CCCC3)CC2)c1Br. The van der Waals surface area contributed by atoms with E-state index in [1.807, 2.05) is 9.80 Å². The Morgan fingerprint density at radius 2 is 1.72 bits per heavy atom. The highest BCUT2D eigenvalue weighted by atomic mass is 79.9. The van der Waals surface area contributed by atoms with Crippen molar-refractivity contribution in [1.29, 1.82) is 0 Å². The Morgan fingerprint density at radius 1 is 1.08 bits per heavy atom. The number of piperazine rings is 1. The summed E-state index contributed by atoms with van der Waals surface area (Å²) in [6, 6.07) is 0. The molecule has 2 fully saturated rings. The van der Waals surface area contributed by atoms with Gasteiger partial charge in [-0.15, -0.1) is 0 Å². The third kappa shape index (κ3) is 4.06. The number of amides is 2. The minimum absolute atomic E-state index is 0.0551. The summed E-state index contributed by atoms with van der Waals surface area (Å²) in [6.07, 6.45) is 2.23. The standard InChI is InChI=1S/C17H26BrN5O2/c1-12(2)15-14(18)16(20-19-15)17(25)23-9-7-21(8-10-23)11-13(24)22-5-3-4-6-22/h12H,3-11H2,1-2H3,(H,19,20). The molecule has 0 atom stereocenters. The van der Waals surface area contributed by atoms with Gasteiger partial charge in [0.15, 0.2) is 5.69 Å². The quantitative estimate of drug-likeness (QED) is 0.817. The average Bonchev–Trinajstić information content (AvgIpc) is 3.24. The van der Waals surface area contributed by atoms with Crippen LogP contribution in [0.3, 0.4) is 0 Å². The lowest BCUT2D eigenvalue weighted by Crippen LogP contribution is -2.51. The predicted octanol–water partition coefficient (Wildman–Crippen LogP) is 1.68. The van der Waals surface area contributed by atoms with Gasteiger partial charge in [-0.2, -0.15) is 5.10 Å². The van der Waals surface area contributed by atoms with Crippen molar-refractivity contribution in [2.45, 2.75) is 32.6 Å². The first kappa shape index (κ1) is 18.4. The van der Waals surface area contributed by atoms with Crippen LogP contribution in [-0.2, 0) is 4.79 Å². The maximum atomic E-state index is 12.7. The Bertz CT molecular complexity index is 631. The first-order valence-electron chi connectivity index (χ1n) is 9.00. The number of carbonyl (C=O) groups is 2. The van der Waals surface area contributed by atoms with E-state index in [1.54, 1.807) is 0 Å². The molecule has 2 aliphatic rings. The van der Waals surface area contributed by atoms with Crippen LogP contribution in [0.15, 0.2) is 4.47 Å². The van der Waals surface area contributed by atoms with E-state index in [4.69, 9.17) is 0 Å². The van der Waals surface area contributed by atoms with E-state index in [9.17, 15) is 9.59 Å². The highest BCUT2D eigenvalue weighted by molar-refractivity contribution is 9.10. The van der Waals surface area contributed by atoms with E-state index in [0.717, 1.165) is 49.2 Å². The van der Waals surface area contributed by atoms with Gasteiger partial charge < -0.3 is 9.80 Å². The molecule has 138 valence electrons. The van der Waals surface area contributed by atoms with Crippen LogP contribution in [0.1, 0.15) is 48.8 Å². The van der Waals surface area contributed by atoms with Crippen molar-refractivity contribution in [3.63, 3.8) is 0 Å². The van der Waals surface area contributed by atoms with Crippen LogP contribution in [0, 0.1) is 0 Å². The van der Waals surface area contributed by atoms with E-state index in [1.165, 1.54) is 0 Å². The van der Waals surface area contributed by atoms with Crippen LogP contribution in [0.5, 0.6) is 0 Å². The zero-order chi connectivity index (χ0) is 18.0. The lowest BCUT2D eigenvalue weighted by molar-refractivity contribution is -0.131. The molecule has 0 bridgehead atoms. The van der Waals surface area contributed by atoms with Crippen LogP contribution in [0.4, 0.5) is 0 Å². The van der Waals surface area contributed by atoms with Crippen molar-refractivity contribution in [1.82, 2.24) is 24.9 Å². The molecule has 2 aliphatic heterocycles. The minimum atomic E-state index is -0.0551. The van der Waals surface area contributed by atoms with Crippen molar-refractivity contribution in [3.05, 3.63) is 15.9 Å². The number of rotatable bonds is 4. The van der Waals surface area contributed by atoms with Crippen LogP contribution >= 0.6 is 15.9 Å². The number of aromatic amines is 1. The van der Waals surface area contributed by atoms with Gasteiger partial charge in [-0.1, -0.05) is 13.8 Å². The largest absolute Gasteiger partial charge is 0.342 e. The Hall–Kier alpha value is -1.41. The fourth-order valence-electron chi connectivity index (χ4n) is 3.38. The summed E-state index contributed by atoms with van der Waals surface area (Å²) in [5.74, 6) is 0.436. The van der Waals surface area contributed by atoms with Gasteiger partial charge in [0.2, 0.25) is 5.91 Å². The molecule has 7 nitrogen and oxygen atoms in total. The number of carbonyl (C=O) groups excluding carboxylic acids is 2. The second-order valence-corrected chi connectivity index (χ2v) is 7.90. The van der Waals surface area contributed by atoms with Crippen molar-refractivity contribution in [2.24, 2.45) is 0 Å². The van der Waals surface area contributed by atoms with Gasteiger partial charge in [0.25, 0.3) is 5.91 Å². The molecular weight excluding hydrogens is 386 g/mol. The molecule has 0 unspecified atom stereocenters. The zero-order valence-electron chi connectivity index (χ0n) is 14.9. The van der Waals surface area contributed by atoms with Crippen molar-refractivity contribution in [3.8, 4) is 0 Å². The van der Waals surface area contributed by atoms with Crippen molar-refractivity contribution in [2.75, 3.05) is 45.8 Å². The third-order valence-corrected chi connectivity index (χ3v) is 5.79. The molecule has 0 aromatic carbocycles. The van der Waals surface area contributed by atoms with Gasteiger partial charge in [-0.05, 0) is 34.7 Å². The molecule has 1 aromatic heterocycles. The highest BCUT2D eigenvalue weighted by Crippen LogP contribution is 2.26. The van der Waals surface area contributed by atoms with Crippen molar-refractivity contribution >= 4 is 27.7 Å². The normalized spacial score (nSPS) is 19.0. The molecule has 3 rings (SSSR count). The first-order valence-corrected chi connectivity index (χ1v) is 9.80. The van der Waals surface area contributed by atoms with E-state index in [0.29, 0.717) is 25.3 Å². The molecule has 2 amide bonds. The molecule has 0 radical (unpaired) electrons. The lowest BCUT2D eigenvalue weighted by Gasteiger charge is -2.34. The van der Waals surface area contributed by atoms with Gasteiger partial charge in [0.05, 0.1) is 16.7 Å². The van der Waals surface area contributed by atoms with Crippen LogP contribution < -0.4 is 0 Å². The Balaban J connectivity index is 1.53. The summed E-state index contributed by atoms with van der Waals surface area (Å²) in [7, 11) is 0. The molecule has 8 heteroatoms. The van der Waals surface area contributed by atoms with Crippen LogP contribution in [-0.4, -0.2) is 82.5 Å². The van der Waals surface area contributed by atoms with E-state index < -0.39 is 0 Å². The second-order valence-electron chi connectivity index (χ2n) is 7.11. The number of hydrogen-bond acceptors (Lipinski definition) is 4. The molecular formula is C17H26BrN5O2. The van der Waals surface area contributed by atoms with Gasteiger partial charge in [0.1, 0.15) is 0 Å². The molecule has 0 aliphatic carbocycles. The second kappa shape index (κ2) is 7.86. The number of aromatic nitrogens is 2. The van der Waals surface area contributed by atoms with Crippen LogP contribution in [0.25, 0.3) is 0 Å². The number of nitrogens with one attached hydrogen (secondary N) is 1. The predicted molar refractivity (Wildman–Crippen MR) is 98.5 cm³/mol. The molecule has 3 heterocycles. The number of halogens is 1. The fourth-order valence-corrected chi connectivity index (χ4v) is 4.19. The van der Waals surface area contributed by atoms with E-state index in [2.05, 4.69) is 44.9 Å². The summed E-state index contributed by atoms with van der Waals surface area (Å²) in [6.45, 7) is 9.07. The molecule has 0 spiro atoms. The van der Waals surface area contributed by atoms with Crippen LogP contribution in [0.2, 0.25) is 0 Å². The van der Waals surface area contributed by atoms with Gasteiger partial charge in [0, 0.05) is 39.3 Å². The average molecular weight is 412 g/mol. The Labute approximate surface area is 156 Å². The van der Waals surface area contributed by atoms with E-state index in [-0.39, 0.29) is 17.7 Å². The maximum absolute atomic E-state index is 12.7. The van der Waals surface area contributed by atoms with Gasteiger partial charge in [-0.3, -0.25) is 19.6 Å². The smallest absolute Gasteiger partial charge is 0.275 e. The van der Waals surface area contributed by atoms with Gasteiger partial charge >= 0.3 is 0 Å². The summed E-state index contributed by atoms with van der Waals surface area (Å²) >= 11 is 3.50. The fraction of sp³-hybridized carbons (Fsp3) is 0.706.